The summed E-state index contributed by atoms with van der Waals surface area (Å²) in [5, 5.41) is 13.9. The number of anilines is 1. The van der Waals surface area contributed by atoms with E-state index in [0.717, 1.165) is 11.1 Å². The lowest BCUT2D eigenvalue weighted by Gasteiger charge is -2.14. The van der Waals surface area contributed by atoms with Crippen LogP contribution in [-0.2, 0) is 4.79 Å². The minimum atomic E-state index is -1.03. The maximum absolute atomic E-state index is 11.6. The SMILES string of the molecule is CC[C@H](NC(=O)Nc1ccc(C)cc1C)C(=O)O. The standard InChI is InChI=1S/C13H18N2O3/c1-4-10(12(16)17)14-13(18)15-11-6-5-8(2)7-9(11)3/h5-7,10H,4H2,1-3H3,(H,16,17)(H2,14,15,18)/t10-/m0/s1. The van der Waals surface area contributed by atoms with Crippen molar-refractivity contribution in [2.45, 2.75) is 33.2 Å². The number of carbonyl (C=O) groups excluding carboxylic acids is 1. The Hall–Kier alpha value is -2.04. The van der Waals surface area contributed by atoms with Gasteiger partial charge in [0.25, 0.3) is 0 Å². The fraction of sp³-hybridized carbons (Fsp3) is 0.385. The Morgan fingerprint density at radius 1 is 1.33 bits per heavy atom. The molecular formula is C13H18N2O3. The van der Waals surface area contributed by atoms with Gasteiger partial charge in [-0.3, -0.25) is 0 Å². The summed E-state index contributed by atoms with van der Waals surface area (Å²) < 4.78 is 0. The number of amides is 2. The number of carboxylic acids is 1. The number of carboxylic acid groups (broad SMARTS) is 1. The summed E-state index contributed by atoms with van der Waals surface area (Å²) in [6.45, 7) is 5.56. The van der Waals surface area contributed by atoms with E-state index in [2.05, 4.69) is 10.6 Å². The van der Waals surface area contributed by atoms with E-state index in [1.165, 1.54) is 0 Å². The van der Waals surface area contributed by atoms with Gasteiger partial charge in [-0.05, 0) is 31.9 Å². The van der Waals surface area contributed by atoms with Crippen molar-refractivity contribution in [3.05, 3.63) is 29.3 Å². The molecule has 0 unspecified atom stereocenters. The van der Waals surface area contributed by atoms with Gasteiger partial charge in [0, 0.05) is 5.69 Å². The van der Waals surface area contributed by atoms with Crippen LogP contribution in [0.2, 0.25) is 0 Å². The Bertz CT molecular complexity index is 458. The Morgan fingerprint density at radius 3 is 2.50 bits per heavy atom. The van der Waals surface area contributed by atoms with Gasteiger partial charge in [-0.25, -0.2) is 9.59 Å². The number of carbonyl (C=O) groups is 2. The summed E-state index contributed by atoms with van der Waals surface area (Å²) in [5.74, 6) is -1.03. The number of hydrogen-bond donors (Lipinski definition) is 3. The number of benzene rings is 1. The quantitative estimate of drug-likeness (QED) is 0.767. The van der Waals surface area contributed by atoms with Crippen molar-refractivity contribution in [3.8, 4) is 0 Å². The molecule has 18 heavy (non-hydrogen) atoms. The summed E-state index contributed by atoms with van der Waals surface area (Å²) in [4.78, 5) is 22.4. The van der Waals surface area contributed by atoms with E-state index in [9.17, 15) is 9.59 Å². The van der Waals surface area contributed by atoms with Crippen molar-refractivity contribution in [1.29, 1.82) is 0 Å². The molecule has 3 N–H and O–H groups in total. The molecule has 1 atom stereocenters. The van der Waals surface area contributed by atoms with Crippen molar-refractivity contribution in [2.75, 3.05) is 5.32 Å². The molecule has 1 aromatic carbocycles. The summed E-state index contributed by atoms with van der Waals surface area (Å²) in [6.07, 6.45) is 0.343. The maximum atomic E-state index is 11.6. The fourth-order valence-corrected chi connectivity index (χ4v) is 1.61. The second-order valence-electron chi connectivity index (χ2n) is 4.22. The molecule has 0 radical (unpaired) electrons. The van der Waals surface area contributed by atoms with Gasteiger partial charge < -0.3 is 15.7 Å². The lowest BCUT2D eigenvalue weighted by atomic mass is 10.1. The van der Waals surface area contributed by atoms with Crippen LogP contribution in [0.5, 0.6) is 0 Å². The number of nitrogens with one attached hydrogen (secondary N) is 2. The van der Waals surface area contributed by atoms with Gasteiger partial charge in [0.15, 0.2) is 0 Å². The molecule has 0 aliphatic heterocycles. The Balaban J connectivity index is 2.67. The first-order valence-corrected chi connectivity index (χ1v) is 5.81. The summed E-state index contributed by atoms with van der Waals surface area (Å²) in [5.41, 5.74) is 2.72. The highest BCUT2D eigenvalue weighted by molar-refractivity contribution is 5.92. The van der Waals surface area contributed by atoms with Crippen LogP contribution in [0.3, 0.4) is 0 Å². The molecule has 0 fully saturated rings. The highest BCUT2D eigenvalue weighted by Gasteiger charge is 2.17. The molecule has 0 spiro atoms. The van der Waals surface area contributed by atoms with Crippen molar-refractivity contribution in [1.82, 2.24) is 5.32 Å². The Kier molecular flexibility index (Phi) is 4.71. The number of rotatable bonds is 4. The average molecular weight is 250 g/mol. The van der Waals surface area contributed by atoms with Crippen LogP contribution in [-0.4, -0.2) is 23.1 Å². The molecule has 98 valence electrons. The molecule has 0 aliphatic rings. The first-order chi connectivity index (χ1) is 8.43. The predicted molar refractivity (Wildman–Crippen MR) is 69.8 cm³/mol. The van der Waals surface area contributed by atoms with E-state index in [0.29, 0.717) is 12.1 Å². The van der Waals surface area contributed by atoms with E-state index in [4.69, 9.17) is 5.11 Å². The van der Waals surface area contributed by atoms with Gasteiger partial charge in [0.05, 0.1) is 0 Å². The van der Waals surface area contributed by atoms with Gasteiger partial charge in [0.1, 0.15) is 6.04 Å². The summed E-state index contributed by atoms with van der Waals surface area (Å²) in [7, 11) is 0. The van der Waals surface area contributed by atoms with Crippen molar-refractivity contribution >= 4 is 17.7 Å². The van der Waals surface area contributed by atoms with E-state index in [1.807, 2.05) is 26.0 Å². The van der Waals surface area contributed by atoms with E-state index in [-0.39, 0.29) is 0 Å². The van der Waals surface area contributed by atoms with Crippen LogP contribution in [0, 0.1) is 13.8 Å². The molecule has 0 bridgehead atoms. The van der Waals surface area contributed by atoms with Gasteiger partial charge in [-0.1, -0.05) is 24.6 Å². The van der Waals surface area contributed by atoms with Crippen LogP contribution in [0.4, 0.5) is 10.5 Å². The Labute approximate surface area is 106 Å². The van der Waals surface area contributed by atoms with Crippen molar-refractivity contribution in [3.63, 3.8) is 0 Å². The molecule has 0 saturated carbocycles. The van der Waals surface area contributed by atoms with E-state index >= 15 is 0 Å². The normalized spacial score (nSPS) is 11.7. The fourth-order valence-electron chi connectivity index (χ4n) is 1.61. The minimum absolute atomic E-state index is 0.343. The molecule has 1 rings (SSSR count). The summed E-state index contributed by atoms with van der Waals surface area (Å²) >= 11 is 0. The number of aryl methyl sites for hydroxylation is 2. The van der Waals surface area contributed by atoms with Crippen LogP contribution in [0.15, 0.2) is 18.2 Å². The molecule has 1 aromatic rings. The van der Waals surface area contributed by atoms with Crippen molar-refractivity contribution in [2.24, 2.45) is 0 Å². The molecule has 0 aliphatic carbocycles. The third-order valence-corrected chi connectivity index (χ3v) is 2.64. The molecule has 0 saturated heterocycles. The zero-order valence-electron chi connectivity index (χ0n) is 10.8. The second-order valence-corrected chi connectivity index (χ2v) is 4.22. The van der Waals surface area contributed by atoms with Crippen molar-refractivity contribution < 1.29 is 14.7 Å². The van der Waals surface area contributed by atoms with Crippen LogP contribution in [0.1, 0.15) is 24.5 Å². The van der Waals surface area contributed by atoms with Gasteiger partial charge in [0.2, 0.25) is 0 Å². The molecule has 0 aromatic heterocycles. The van der Waals surface area contributed by atoms with Crippen LogP contribution < -0.4 is 10.6 Å². The minimum Gasteiger partial charge on any atom is -0.480 e. The number of hydrogen-bond acceptors (Lipinski definition) is 2. The molecule has 0 heterocycles. The second kappa shape index (κ2) is 6.05. The largest absolute Gasteiger partial charge is 0.480 e. The van der Waals surface area contributed by atoms with Crippen LogP contribution >= 0.6 is 0 Å². The summed E-state index contributed by atoms with van der Waals surface area (Å²) in [6, 6.07) is 4.26. The Morgan fingerprint density at radius 2 is 2.00 bits per heavy atom. The van der Waals surface area contributed by atoms with E-state index < -0.39 is 18.0 Å². The molecular weight excluding hydrogens is 232 g/mol. The van der Waals surface area contributed by atoms with Gasteiger partial charge >= 0.3 is 12.0 Å². The van der Waals surface area contributed by atoms with Crippen LogP contribution in [0.25, 0.3) is 0 Å². The lowest BCUT2D eigenvalue weighted by Crippen LogP contribution is -2.42. The highest BCUT2D eigenvalue weighted by atomic mass is 16.4. The smallest absolute Gasteiger partial charge is 0.326 e. The number of urea groups is 1. The van der Waals surface area contributed by atoms with E-state index in [1.54, 1.807) is 13.0 Å². The average Bonchev–Trinajstić information content (AvgIpc) is 2.29. The monoisotopic (exact) mass is 250 g/mol. The maximum Gasteiger partial charge on any atom is 0.326 e. The zero-order valence-corrected chi connectivity index (χ0v) is 10.8. The topological polar surface area (TPSA) is 78.4 Å². The third kappa shape index (κ3) is 3.76. The highest BCUT2D eigenvalue weighted by Crippen LogP contribution is 2.15. The van der Waals surface area contributed by atoms with Gasteiger partial charge in [-0.15, -0.1) is 0 Å². The lowest BCUT2D eigenvalue weighted by molar-refractivity contribution is -0.139. The first kappa shape index (κ1) is 14.0. The van der Waals surface area contributed by atoms with Gasteiger partial charge in [-0.2, -0.15) is 0 Å². The molecule has 5 nitrogen and oxygen atoms in total. The number of aliphatic carboxylic acids is 1. The first-order valence-electron chi connectivity index (χ1n) is 5.81. The third-order valence-electron chi connectivity index (χ3n) is 2.64. The zero-order chi connectivity index (χ0) is 13.7. The predicted octanol–water partition coefficient (Wildman–Crippen LogP) is 2.29. The molecule has 5 heteroatoms. The molecule has 2 amide bonds.